The van der Waals surface area contributed by atoms with Crippen LogP contribution in [0, 0.1) is 0 Å². The molecule has 1 amide bonds. The maximum atomic E-state index is 12.9. The van der Waals surface area contributed by atoms with Gasteiger partial charge in [0.15, 0.2) is 0 Å². The molecule has 3 atom stereocenters. The molecule has 3 unspecified atom stereocenters. The summed E-state index contributed by atoms with van der Waals surface area (Å²) in [6.45, 7) is 4.81. The van der Waals surface area contributed by atoms with E-state index in [0.717, 1.165) is 64.2 Å². The van der Waals surface area contributed by atoms with Gasteiger partial charge in [-0.25, -0.2) is 4.57 Å². The summed E-state index contributed by atoms with van der Waals surface area (Å²) in [4.78, 5) is 23.3. The van der Waals surface area contributed by atoms with E-state index in [4.69, 9.17) is 9.05 Å². The zero-order valence-electron chi connectivity index (χ0n) is 42.8. The number of aliphatic hydroxyl groups excluding tert-OH is 1. The number of phosphoric ester groups is 1. The van der Waals surface area contributed by atoms with Crippen LogP contribution in [-0.4, -0.2) is 73.4 Å². The molecule has 0 spiro atoms. The first kappa shape index (κ1) is 62.5. The van der Waals surface area contributed by atoms with Crippen LogP contribution in [0.4, 0.5) is 0 Å². The minimum absolute atomic E-state index is 0.0577. The maximum Gasteiger partial charge on any atom is 0.472 e. The Morgan fingerprint density at radius 3 is 1.30 bits per heavy atom. The predicted molar refractivity (Wildman–Crippen MR) is 277 cm³/mol. The Morgan fingerprint density at radius 2 is 0.891 bits per heavy atom. The third kappa shape index (κ3) is 48.4. The molecule has 0 radical (unpaired) electrons. The number of allylic oxidation sites excluding steroid dienone is 7. The van der Waals surface area contributed by atoms with E-state index in [-0.39, 0.29) is 19.1 Å². The van der Waals surface area contributed by atoms with Gasteiger partial charge in [-0.3, -0.25) is 13.8 Å². The number of likely N-dealkylation sites (N-methyl/N-ethyl adjacent to an activating group) is 1. The number of amides is 1. The molecule has 0 rings (SSSR count). The lowest BCUT2D eigenvalue weighted by molar-refractivity contribution is -0.870. The first-order valence-corrected chi connectivity index (χ1v) is 28.5. The fourth-order valence-corrected chi connectivity index (χ4v) is 8.49. The Kier molecular flexibility index (Phi) is 45.4. The van der Waals surface area contributed by atoms with Crippen molar-refractivity contribution in [2.24, 2.45) is 0 Å². The second kappa shape index (κ2) is 46.6. The smallest absolute Gasteiger partial charge is 0.387 e. The molecule has 0 aromatic heterocycles. The van der Waals surface area contributed by atoms with Crippen molar-refractivity contribution in [3.05, 3.63) is 48.6 Å². The normalized spacial score (nSPS) is 14.4. The van der Waals surface area contributed by atoms with Crippen LogP contribution in [0.3, 0.4) is 0 Å². The van der Waals surface area contributed by atoms with Gasteiger partial charge in [-0.2, -0.15) is 0 Å². The van der Waals surface area contributed by atoms with E-state index in [9.17, 15) is 19.4 Å². The molecule has 0 fully saturated rings. The Labute approximate surface area is 397 Å². The molecule has 0 aliphatic heterocycles. The molecule has 0 bridgehead atoms. The topological polar surface area (TPSA) is 105 Å². The number of aliphatic hydroxyl groups is 1. The SMILES string of the molecule is CCCCCCC/C=C\C/C=C\C/C=C\CCCCCCCCC(=O)NC(COP(=O)(O)OCC[N+](C)(C)C)C(O)/C=C/CCCCCCCCCCCCCCCCCCCCC. The highest BCUT2D eigenvalue weighted by molar-refractivity contribution is 7.47. The van der Waals surface area contributed by atoms with Crippen molar-refractivity contribution in [2.45, 2.75) is 257 Å². The van der Waals surface area contributed by atoms with E-state index in [1.165, 1.54) is 161 Å². The number of hydrogen-bond donors (Lipinski definition) is 3. The fraction of sp³-hybridized carbons (Fsp3) is 0.836. The van der Waals surface area contributed by atoms with Gasteiger partial charge in [-0.05, 0) is 57.8 Å². The highest BCUT2D eigenvalue weighted by Crippen LogP contribution is 2.43. The van der Waals surface area contributed by atoms with E-state index in [2.05, 4.69) is 55.6 Å². The molecular weight excluding hydrogens is 816 g/mol. The van der Waals surface area contributed by atoms with Crippen LogP contribution < -0.4 is 5.32 Å². The molecule has 9 heteroatoms. The van der Waals surface area contributed by atoms with Gasteiger partial charge in [0.05, 0.1) is 39.9 Å². The molecule has 0 aliphatic rings. The standard InChI is InChI=1S/C55H105N2O6P/c1-6-8-10-12-14-16-18-20-22-24-26-28-30-32-34-36-38-40-42-44-46-48-54(58)53(52-63-64(60,61)62-51-50-57(3,4)5)56-55(59)49-47-45-43-41-39-37-35-33-31-29-27-25-23-21-19-17-15-13-11-9-7-2/h19,21,25,27,31,33,46,48,53-54,58H,6-18,20,22-24,26,28-30,32,34-45,47,49-52H2,1-5H3,(H-,56,59,60,61)/p+1/b21-19-,27-25-,33-31-,48-46+. The van der Waals surface area contributed by atoms with Crippen LogP contribution in [0.2, 0.25) is 0 Å². The van der Waals surface area contributed by atoms with Gasteiger partial charge in [-0.15, -0.1) is 0 Å². The number of rotatable bonds is 49. The molecule has 0 saturated heterocycles. The molecule has 0 aromatic rings. The number of nitrogens with zero attached hydrogens (tertiary/aromatic N) is 1. The Balaban J connectivity index is 4.32. The van der Waals surface area contributed by atoms with E-state index >= 15 is 0 Å². The molecule has 64 heavy (non-hydrogen) atoms. The summed E-state index contributed by atoms with van der Waals surface area (Å²) in [6.07, 6.45) is 60.5. The number of carbonyl (C=O) groups excluding carboxylic acids is 1. The quantitative estimate of drug-likeness (QED) is 0.0243. The Hall–Kier alpha value is -1.54. The Morgan fingerprint density at radius 1 is 0.531 bits per heavy atom. The third-order valence-electron chi connectivity index (χ3n) is 12.0. The average Bonchev–Trinajstić information content (AvgIpc) is 3.25. The van der Waals surface area contributed by atoms with Crippen molar-refractivity contribution in [2.75, 3.05) is 40.9 Å². The summed E-state index contributed by atoms with van der Waals surface area (Å²) in [5.74, 6) is -0.188. The first-order chi connectivity index (χ1) is 31.0. The Bertz CT molecular complexity index is 1180. The van der Waals surface area contributed by atoms with Gasteiger partial charge in [0.2, 0.25) is 5.91 Å². The van der Waals surface area contributed by atoms with Crippen LogP contribution in [-0.2, 0) is 18.4 Å². The summed E-state index contributed by atoms with van der Waals surface area (Å²) < 4.78 is 23.7. The number of carbonyl (C=O) groups is 1. The lowest BCUT2D eigenvalue weighted by Crippen LogP contribution is -2.45. The highest BCUT2D eigenvalue weighted by Gasteiger charge is 2.27. The number of nitrogens with one attached hydrogen (secondary N) is 1. The number of unbranched alkanes of at least 4 members (excludes halogenated alkanes) is 30. The summed E-state index contributed by atoms with van der Waals surface area (Å²) in [5, 5.41) is 13.9. The van der Waals surface area contributed by atoms with E-state index < -0.39 is 20.0 Å². The number of hydrogen-bond acceptors (Lipinski definition) is 5. The van der Waals surface area contributed by atoms with Gasteiger partial charge >= 0.3 is 7.82 Å². The lowest BCUT2D eigenvalue weighted by atomic mass is 10.0. The number of phosphoric acid groups is 1. The van der Waals surface area contributed by atoms with Gasteiger partial charge in [0.25, 0.3) is 0 Å². The van der Waals surface area contributed by atoms with E-state index in [1.807, 2.05) is 27.2 Å². The largest absolute Gasteiger partial charge is 0.472 e. The minimum atomic E-state index is -4.35. The van der Waals surface area contributed by atoms with Crippen molar-refractivity contribution in [3.8, 4) is 0 Å². The van der Waals surface area contributed by atoms with Crippen molar-refractivity contribution < 1.29 is 32.9 Å². The van der Waals surface area contributed by atoms with Crippen molar-refractivity contribution in [1.29, 1.82) is 0 Å². The fourth-order valence-electron chi connectivity index (χ4n) is 7.76. The predicted octanol–water partition coefficient (Wildman–Crippen LogP) is 16.0. The molecular formula is C55H106N2O6P+. The van der Waals surface area contributed by atoms with E-state index in [0.29, 0.717) is 17.4 Å². The summed E-state index contributed by atoms with van der Waals surface area (Å²) >= 11 is 0. The number of quaternary nitrogens is 1. The van der Waals surface area contributed by atoms with Crippen LogP contribution >= 0.6 is 7.82 Å². The zero-order valence-corrected chi connectivity index (χ0v) is 43.7. The van der Waals surface area contributed by atoms with Crippen LogP contribution in [0.5, 0.6) is 0 Å². The molecule has 376 valence electrons. The summed E-state index contributed by atoms with van der Waals surface area (Å²) in [5.41, 5.74) is 0. The summed E-state index contributed by atoms with van der Waals surface area (Å²) in [7, 11) is 1.56. The van der Waals surface area contributed by atoms with Gasteiger partial charge < -0.3 is 19.8 Å². The molecule has 8 nitrogen and oxygen atoms in total. The highest BCUT2D eigenvalue weighted by atomic mass is 31.2. The van der Waals surface area contributed by atoms with Crippen molar-refractivity contribution in [1.82, 2.24) is 5.32 Å². The van der Waals surface area contributed by atoms with Crippen molar-refractivity contribution in [3.63, 3.8) is 0 Å². The molecule has 0 aliphatic carbocycles. The second-order valence-corrected chi connectivity index (χ2v) is 21.1. The average molecular weight is 922 g/mol. The monoisotopic (exact) mass is 922 g/mol. The summed E-state index contributed by atoms with van der Waals surface area (Å²) in [6, 6.07) is -0.855. The third-order valence-corrected chi connectivity index (χ3v) is 13.0. The molecule has 3 N–H and O–H groups in total. The van der Waals surface area contributed by atoms with Gasteiger partial charge in [0, 0.05) is 6.42 Å². The van der Waals surface area contributed by atoms with Gasteiger partial charge in [-0.1, -0.05) is 229 Å². The van der Waals surface area contributed by atoms with Crippen LogP contribution in [0.15, 0.2) is 48.6 Å². The first-order valence-electron chi connectivity index (χ1n) is 27.0. The van der Waals surface area contributed by atoms with Crippen molar-refractivity contribution >= 4 is 13.7 Å². The second-order valence-electron chi connectivity index (χ2n) is 19.6. The van der Waals surface area contributed by atoms with E-state index in [1.54, 1.807) is 6.08 Å². The van der Waals surface area contributed by atoms with Crippen LogP contribution in [0.25, 0.3) is 0 Å². The zero-order chi connectivity index (χ0) is 47.1. The molecule has 0 aromatic carbocycles. The molecule has 0 heterocycles. The van der Waals surface area contributed by atoms with Gasteiger partial charge in [0.1, 0.15) is 13.2 Å². The lowest BCUT2D eigenvalue weighted by Gasteiger charge is -2.25. The maximum absolute atomic E-state index is 12.9. The minimum Gasteiger partial charge on any atom is -0.387 e. The molecule has 0 saturated carbocycles. The van der Waals surface area contributed by atoms with Crippen LogP contribution in [0.1, 0.15) is 245 Å².